The monoisotopic (exact) mass is 378 g/mol. The molecule has 2 aromatic rings. The smallest absolute Gasteiger partial charge is 0.418 e. The van der Waals surface area contributed by atoms with Crippen molar-refractivity contribution in [2.45, 2.75) is 24.6 Å². The van der Waals surface area contributed by atoms with E-state index in [0.29, 0.717) is 23.6 Å². The molecule has 2 aromatic carbocycles. The van der Waals surface area contributed by atoms with Gasteiger partial charge in [-0.2, -0.15) is 13.2 Å². The summed E-state index contributed by atoms with van der Waals surface area (Å²) in [6.45, 7) is 1.48. The predicted octanol–water partition coefficient (Wildman–Crippen LogP) is 4.40. The quantitative estimate of drug-likeness (QED) is 0.858. The number of nitrogens with zero attached hydrogens (tertiary/aromatic N) is 1. The molecular weight excluding hydrogens is 357 g/mol. The van der Waals surface area contributed by atoms with E-state index >= 15 is 0 Å². The zero-order chi connectivity index (χ0) is 19.2. The fourth-order valence-electron chi connectivity index (χ4n) is 4.20. The number of ether oxygens (including phenoxy) is 2. The lowest BCUT2D eigenvalue weighted by Gasteiger charge is -2.31. The number of alkyl halides is 3. The summed E-state index contributed by atoms with van der Waals surface area (Å²) < 4.78 is 52.6. The Balaban J connectivity index is 1.81. The third-order valence-corrected chi connectivity index (χ3v) is 5.41. The van der Waals surface area contributed by atoms with Gasteiger partial charge in [-0.1, -0.05) is 12.1 Å². The maximum atomic E-state index is 13.8. The van der Waals surface area contributed by atoms with Gasteiger partial charge < -0.3 is 19.7 Å². The molecule has 4 rings (SSSR count). The van der Waals surface area contributed by atoms with Crippen molar-refractivity contribution in [1.29, 1.82) is 0 Å². The number of hydrogen-bond acceptors (Lipinski definition) is 4. The Kier molecular flexibility index (Phi) is 4.42. The van der Waals surface area contributed by atoms with Crippen LogP contribution in [0.2, 0.25) is 0 Å². The number of likely N-dealkylation sites (N-methyl/N-ethyl adjacent to an activating group) is 1. The summed E-state index contributed by atoms with van der Waals surface area (Å²) in [5, 5.41) is 3.29. The Hall–Kier alpha value is -2.41. The fourth-order valence-corrected chi connectivity index (χ4v) is 4.20. The topological polar surface area (TPSA) is 33.7 Å². The molecule has 0 amide bonds. The van der Waals surface area contributed by atoms with Crippen molar-refractivity contribution >= 4 is 5.69 Å². The normalized spacial score (nSPS) is 21.6. The number of halogens is 3. The first-order valence-electron chi connectivity index (χ1n) is 8.89. The van der Waals surface area contributed by atoms with Crippen LogP contribution >= 0.6 is 0 Å². The summed E-state index contributed by atoms with van der Waals surface area (Å²) >= 11 is 0. The summed E-state index contributed by atoms with van der Waals surface area (Å²) in [6.07, 6.45) is -3.64. The molecule has 1 fully saturated rings. The highest BCUT2D eigenvalue weighted by Crippen LogP contribution is 2.51. The molecule has 0 saturated carbocycles. The Morgan fingerprint density at radius 3 is 2.59 bits per heavy atom. The van der Waals surface area contributed by atoms with E-state index in [1.165, 1.54) is 7.11 Å². The second kappa shape index (κ2) is 6.64. The maximum Gasteiger partial charge on any atom is 0.418 e. The number of rotatable bonds is 3. The van der Waals surface area contributed by atoms with Crippen molar-refractivity contribution in [3.8, 4) is 17.2 Å². The predicted molar refractivity (Wildman–Crippen MR) is 96.9 cm³/mol. The largest absolute Gasteiger partial charge is 0.493 e. The molecule has 0 aliphatic carbocycles. The van der Waals surface area contributed by atoms with Crippen LogP contribution in [-0.2, 0) is 6.18 Å². The molecule has 2 heterocycles. The number of hydrogen-bond donors (Lipinski definition) is 1. The SMILES string of the molecule is COc1ccccc1Oc1cc2c(c(C(F)(F)F)c1)N(C)[C@H]1CCNCC21. The summed E-state index contributed by atoms with van der Waals surface area (Å²) in [6, 6.07) is 9.83. The van der Waals surface area contributed by atoms with Crippen molar-refractivity contribution in [3.63, 3.8) is 0 Å². The lowest BCUT2D eigenvalue weighted by molar-refractivity contribution is -0.137. The van der Waals surface area contributed by atoms with Gasteiger partial charge in [0.15, 0.2) is 11.5 Å². The van der Waals surface area contributed by atoms with E-state index in [4.69, 9.17) is 9.47 Å². The molecule has 4 nitrogen and oxygen atoms in total. The van der Waals surface area contributed by atoms with Crippen LogP contribution in [-0.4, -0.2) is 33.3 Å². The van der Waals surface area contributed by atoms with Crippen molar-refractivity contribution in [2.75, 3.05) is 32.1 Å². The van der Waals surface area contributed by atoms with Gasteiger partial charge in [0.25, 0.3) is 0 Å². The van der Waals surface area contributed by atoms with Crippen molar-refractivity contribution in [2.24, 2.45) is 0 Å². The first-order chi connectivity index (χ1) is 12.9. The van der Waals surface area contributed by atoms with Gasteiger partial charge in [-0.25, -0.2) is 0 Å². The van der Waals surface area contributed by atoms with Crippen LogP contribution in [0.3, 0.4) is 0 Å². The Morgan fingerprint density at radius 1 is 1.15 bits per heavy atom. The second-order valence-corrected chi connectivity index (χ2v) is 6.94. The highest BCUT2D eigenvalue weighted by atomic mass is 19.4. The van der Waals surface area contributed by atoms with Gasteiger partial charge in [0.05, 0.1) is 18.4 Å². The molecule has 1 unspecified atom stereocenters. The molecular formula is C20H21F3N2O2. The van der Waals surface area contributed by atoms with Crippen LogP contribution in [0.1, 0.15) is 23.5 Å². The van der Waals surface area contributed by atoms with E-state index in [9.17, 15) is 13.2 Å². The Labute approximate surface area is 155 Å². The number of anilines is 1. The fraction of sp³-hybridized carbons (Fsp3) is 0.400. The molecule has 144 valence electrons. The third-order valence-electron chi connectivity index (χ3n) is 5.41. The van der Waals surface area contributed by atoms with Gasteiger partial charge in [0.2, 0.25) is 0 Å². The maximum absolute atomic E-state index is 13.8. The zero-order valence-electron chi connectivity index (χ0n) is 15.1. The molecule has 0 radical (unpaired) electrons. The molecule has 1 N–H and O–H groups in total. The minimum Gasteiger partial charge on any atom is -0.493 e. The molecule has 0 spiro atoms. The number of para-hydroxylation sites is 2. The van der Waals surface area contributed by atoms with Crippen molar-refractivity contribution in [3.05, 3.63) is 47.5 Å². The molecule has 7 heteroatoms. The van der Waals surface area contributed by atoms with Gasteiger partial charge in [0, 0.05) is 25.6 Å². The molecule has 2 aliphatic heterocycles. The zero-order valence-corrected chi connectivity index (χ0v) is 15.1. The number of fused-ring (bicyclic) bond motifs is 3. The van der Waals surface area contributed by atoms with Crippen LogP contribution < -0.4 is 19.7 Å². The van der Waals surface area contributed by atoms with E-state index in [1.54, 1.807) is 42.3 Å². The Bertz CT molecular complexity index is 854. The summed E-state index contributed by atoms with van der Waals surface area (Å²) in [5.74, 6) is 1.05. The molecule has 27 heavy (non-hydrogen) atoms. The van der Waals surface area contributed by atoms with Gasteiger partial charge in [0.1, 0.15) is 5.75 Å². The van der Waals surface area contributed by atoms with Crippen molar-refractivity contribution < 1.29 is 22.6 Å². The summed E-state index contributed by atoms with van der Waals surface area (Å²) in [4.78, 5) is 1.79. The molecule has 2 atom stereocenters. The van der Waals surface area contributed by atoms with Gasteiger partial charge >= 0.3 is 6.18 Å². The van der Waals surface area contributed by atoms with Crippen LogP contribution in [0, 0.1) is 0 Å². The molecule has 0 bridgehead atoms. The average molecular weight is 378 g/mol. The van der Waals surface area contributed by atoms with Crippen LogP contribution in [0.5, 0.6) is 17.2 Å². The van der Waals surface area contributed by atoms with E-state index in [0.717, 1.165) is 19.0 Å². The first kappa shape index (κ1) is 18.0. The summed E-state index contributed by atoms with van der Waals surface area (Å²) in [5.41, 5.74) is 0.310. The lowest BCUT2D eigenvalue weighted by Crippen LogP contribution is -2.42. The Morgan fingerprint density at radius 2 is 1.89 bits per heavy atom. The van der Waals surface area contributed by atoms with E-state index in [2.05, 4.69) is 5.32 Å². The molecule has 1 saturated heterocycles. The van der Waals surface area contributed by atoms with Gasteiger partial charge in [-0.15, -0.1) is 0 Å². The highest BCUT2D eigenvalue weighted by Gasteiger charge is 2.45. The van der Waals surface area contributed by atoms with Crippen LogP contribution in [0.4, 0.5) is 18.9 Å². The lowest BCUT2D eigenvalue weighted by atomic mass is 9.89. The minimum atomic E-state index is -4.46. The third kappa shape index (κ3) is 3.10. The number of piperidine rings is 1. The number of nitrogens with one attached hydrogen (secondary N) is 1. The number of methoxy groups -OCH3 is 1. The van der Waals surface area contributed by atoms with Gasteiger partial charge in [-0.3, -0.25) is 0 Å². The molecule has 0 aromatic heterocycles. The van der Waals surface area contributed by atoms with Crippen LogP contribution in [0.25, 0.3) is 0 Å². The van der Waals surface area contributed by atoms with Gasteiger partial charge in [-0.05, 0) is 42.8 Å². The second-order valence-electron chi connectivity index (χ2n) is 6.94. The standard InChI is InChI=1S/C20H21F3N2O2/c1-25-16-7-8-24-11-14(16)13-9-12(10-15(19(13)25)20(21,22)23)27-18-6-4-3-5-17(18)26-2/h3-6,9-10,14,16,24H,7-8,11H2,1-2H3/t14?,16-/m0/s1. The highest BCUT2D eigenvalue weighted by molar-refractivity contribution is 5.69. The first-order valence-corrected chi connectivity index (χ1v) is 8.89. The van der Waals surface area contributed by atoms with Crippen molar-refractivity contribution in [1.82, 2.24) is 5.32 Å². The van der Waals surface area contributed by atoms with E-state index in [-0.39, 0.29) is 23.4 Å². The average Bonchev–Trinajstić information content (AvgIpc) is 2.94. The van der Waals surface area contributed by atoms with E-state index < -0.39 is 11.7 Å². The van der Waals surface area contributed by atoms with Crippen LogP contribution in [0.15, 0.2) is 36.4 Å². The summed E-state index contributed by atoms with van der Waals surface area (Å²) in [7, 11) is 3.25. The molecule has 2 aliphatic rings. The number of benzene rings is 2. The minimum absolute atomic E-state index is 0.0149. The van der Waals surface area contributed by atoms with E-state index in [1.807, 2.05) is 0 Å².